The molecule has 1 saturated carbocycles. The zero-order valence-corrected chi connectivity index (χ0v) is 15.8. The molecule has 1 aromatic carbocycles. The standard InChI is InChI=1S/C22H26N4O2/c1-2-21(28)26-11-16(12-26)13-7-14(8-13)19-10-15(22(24)25-19)9-18(23)17-5-3-4-6-20(17)27/h2-6,9-10,13-14,16,25,27H,1,7-8,11-12,23-24H2/b18-9-. The van der Waals surface area contributed by atoms with Crippen LogP contribution in [-0.4, -0.2) is 34.0 Å². The van der Waals surface area contributed by atoms with E-state index >= 15 is 0 Å². The fraction of sp³-hybridized carbons (Fsp3) is 0.318. The third-order valence-electron chi connectivity index (χ3n) is 6.10. The number of hydrogen-bond donors (Lipinski definition) is 4. The third-order valence-corrected chi connectivity index (χ3v) is 6.10. The Morgan fingerprint density at radius 1 is 1.25 bits per heavy atom. The van der Waals surface area contributed by atoms with E-state index in [1.54, 1.807) is 24.3 Å². The van der Waals surface area contributed by atoms with Crippen molar-refractivity contribution in [3.63, 3.8) is 0 Å². The first-order chi connectivity index (χ1) is 13.5. The van der Waals surface area contributed by atoms with Gasteiger partial charge in [0.15, 0.2) is 0 Å². The van der Waals surface area contributed by atoms with Crippen LogP contribution in [0.25, 0.3) is 11.8 Å². The summed E-state index contributed by atoms with van der Waals surface area (Å²) in [7, 11) is 0. The Morgan fingerprint density at radius 3 is 2.64 bits per heavy atom. The van der Waals surface area contributed by atoms with Gasteiger partial charge in [-0.05, 0) is 60.9 Å². The van der Waals surface area contributed by atoms with Crippen LogP contribution < -0.4 is 11.5 Å². The summed E-state index contributed by atoms with van der Waals surface area (Å²) in [5.41, 5.74) is 15.3. The number of carbonyl (C=O) groups excluding carboxylic acids is 1. The van der Waals surface area contributed by atoms with Crippen LogP contribution >= 0.6 is 0 Å². The minimum Gasteiger partial charge on any atom is -0.507 e. The number of rotatable bonds is 5. The Bertz CT molecular complexity index is 934. The Balaban J connectivity index is 1.38. The third kappa shape index (κ3) is 3.26. The van der Waals surface area contributed by atoms with E-state index in [1.807, 2.05) is 11.0 Å². The number of H-pyrrole nitrogens is 1. The SMILES string of the molecule is C=CC(=O)N1CC(C2CC(c3cc(/C=C(\N)c4ccccc4O)c(N)[nH]3)C2)C1. The number of aromatic nitrogens is 1. The van der Waals surface area contributed by atoms with Gasteiger partial charge in [-0.15, -0.1) is 0 Å². The molecule has 6 heteroatoms. The van der Waals surface area contributed by atoms with Crippen LogP contribution in [0.4, 0.5) is 5.82 Å². The molecule has 1 aliphatic carbocycles. The van der Waals surface area contributed by atoms with Gasteiger partial charge in [-0.2, -0.15) is 0 Å². The van der Waals surface area contributed by atoms with Crippen molar-refractivity contribution in [1.82, 2.24) is 9.88 Å². The first-order valence-corrected chi connectivity index (χ1v) is 9.61. The number of benzene rings is 1. The molecule has 6 N–H and O–H groups in total. The van der Waals surface area contributed by atoms with Crippen LogP contribution in [0.5, 0.6) is 5.75 Å². The molecular weight excluding hydrogens is 352 g/mol. The van der Waals surface area contributed by atoms with Crippen LogP contribution in [0, 0.1) is 11.8 Å². The highest BCUT2D eigenvalue weighted by Gasteiger charge is 2.42. The summed E-state index contributed by atoms with van der Waals surface area (Å²) in [5, 5.41) is 9.96. The monoisotopic (exact) mass is 378 g/mol. The van der Waals surface area contributed by atoms with Crippen LogP contribution in [0.1, 0.15) is 35.6 Å². The average Bonchev–Trinajstić information content (AvgIpc) is 2.95. The van der Waals surface area contributed by atoms with Crippen LogP contribution in [0.15, 0.2) is 43.0 Å². The second kappa shape index (κ2) is 7.11. The molecule has 0 unspecified atom stereocenters. The number of amides is 1. The van der Waals surface area contributed by atoms with Gasteiger partial charge >= 0.3 is 0 Å². The van der Waals surface area contributed by atoms with Crippen molar-refractivity contribution >= 4 is 23.5 Å². The Kier molecular flexibility index (Phi) is 4.63. The summed E-state index contributed by atoms with van der Waals surface area (Å²) in [6.07, 6.45) is 5.40. The maximum absolute atomic E-state index is 11.6. The number of phenols is 1. The quantitative estimate of drug-likeness (QED) is 0.600. The van der Waals surface area contributed by atoms with Gasteiger partial charge in [0.1, 0.15) is 11.6 Å². The zero-order chi connectivity index (χ0) is 19.8. The fourth-order valence-electron chi connectivity index (χ4n) is 4.23. The van der Waals surface area contributed by atoms with E-state index in [9.17, 15) is 9.90 Å². The molecule has 0 atom stereocenters. The predicted octanol–water partition coefficient (Wildman–Crippen LogP) is 2.90. The minimum atomic E-state index is 0.0303. The molecule has 6 nitrogen and oxygen atoms in total. The molecule has 2 fully saturated rings. The highest BCUT2D eigenvalue weighted by atomic mass is 16.3. The van der Waals surface area contributed by atoms with Gasteiger partial charge in [-0.1, -0.05) is 18.7 Å². The van der Waals surface area contributed by atoms with Gasteiger partial charge in [0.25, 0.3) is 0 Å². The number of aromatic amines is 1. The fourth-order valence-corrected chi connectivity index (χ4v) is 4.23. The maximum atomic E-state index is 11.6. The number of nitrogens with two attached hydrogens (primary N) is 2. The number of nitrogen functional groups attached to an aromatic ring is 1. The van der Waals surface area contributed by atoms with Crippen molar-refractivity contribution in [3.8, 4) is 5.75 Å². The predicted molar refractivity (Wildman–Crippen MR) is 111 cm³/mol. The lowest BCUT2D eigenvalue weighted by atomic mass is 9.65. The molecule has 2 heterocycles. The van der Waals surface area contributed by atoms with Gasteiger partial charge in [0.05, 0.1) is 0 Å². The van der Waals surface area contributed by atoms with Gasteiger partial charge in [0.2, 0.25) is 5.91 Å². The van der Waals surface area contributed by atoms with E-state index < -0.39 is 0 Å². The topological polar surface area (TPSA) is 108 Å². The van der Waals surface area contributed by atoms with Crippen LogP contribution in [0.2, 0.25) is 0 Å². The smallest absolute Gasteiger partial charge is 0.245 e. The van der Waals surface area contributed by atoms with Crippen molar-refractivity contribution in [2.24, 2.45) is 17.6 Å². The molecule has 0 bridgehead atoms. The Morgan fingerprint density at radius 2 is 1.96 bits per heavy atom. The number of hydrogen-bond acceptors (Lipinski definition) is 4. The summed E-state index contributed by atoms with van der Waals surface area (Å²) in [6.45, 7) is 5.23. The number of anilines is 1. The van der Waals surface area contributed by atoms with Crippen LogP contribution in [-0.2, 0) is 4.79 Å². The first-order valence-electron chi connectivity index (χ1n) is 9.61. The number of carbonyl (C=O) groups is 1. The normalized spacial score (nSPS) is 22.4. The molecule has 1 amide bonds. The highest BCUT2D eigenvalue weighted by molar-refractivity contribution is 5.87. The summed E-state index contributed by atoms with van der Waals surface area (Å²) in [5.74, 6) is 2.49. The molecule has 28 heavy (non-hydrogen) atoms. The number of likely N-dealkylation sites (tertiary alicyclic amines) is 1. The maximum Gasteiger partial charge on any atom is 0.245 e. The number of para-hydroxylation sites is 1. The summed E-state index contributed by atoms with van der Waals surface area (Å²) in [6, 6.07) is 9.04. The largest absolute Gasteiger partial charge is 0.507 e. The van der Waals surface area contributed by atoms with Crippen molar-refractivity contribution in [3.05, 3.63) is 59.8 Å². The molecule has 1 aromatic heterocycles. The Labute approximate surface area is 164 Å². The lowest BCUT2D eigenvalue weighted by Gasteiger charge is -2.49. The van der Waals surface area contributed by atoms with E-state index in [4.69, 9.17) is 11.5 Å². The molecule has 0 radical (unpaired) electrons. The average molecular weight is 378 g/mol. The van der Waals surface area contributed by atoms with E-state index in [2.05, 4.69) is 17.6 Å². The molecule has 1 aliphatic heterocycles. The first kappa shape index (κ1) is 18.2. The molecule has 4 rings (SSSR count). The van der Waals surface area contributed by atoms with Gasteiger partial charge in [-0.25, -0.2) is 0 Å². The number of aromatic hydroxyl groups is 1. The zero-order valence-electron chi connectivity index (χ0n) is 15.8. The van der Waals surface area contributed by atoms with E-state index in [1.165, 1.54) is 6.08 Å². The van der Waals surface area contributed by atoms with Crippen molar-refractivity contribution < 1.29 is 9.90 Å². The van der Waals surface area contributed by atoms with E-state index in [0.29, 0.717) is 34.8 Å². The number of nitrogens with one attached hydrogen (secondary N) is 1. The molecule has 2 aromatic rings. The van der Waals surface area contributed by atoms with Gasteiger partial charge in [0, 0.05) is 35.6 Å². The molecule has 1 saturated heterocycles. The van der Waals surface area contributed by atoms with Crippen molar-refractivity contribution in [1.29, 1.82) is 0 Å². The highest BCUT2D eigenvalue weighted by Crippen LogP contribution is 2.48. The van der Waals surface area contributed by atoms with Crippen molar-refractivity contribution in [2.45, 2.75) is 18.8 Å². The molecule has 146 valence electrons. The second-order valence-electron chi connectivity index (χ2n) is 7.85. The summed E-state index contributed by atoms with van der Waals surface area (Å²) < 4.78 is 0. The Hall–Kier alpha value is -3.15. The van der Waals surface area contributed by atoms with E-state index in [0.717, 1.165) is 37.2 Å². The van der Waals surface area contributed by atoms with E-state index in [-0.39, 0.29) is 11.7 Å². The minimum absolute atomic E-state index is 0.0303. The van der Waals surface area contributed by atoms with Crippen LogP contribution in [0.3, 0.4) is 0 Å². The van der Waals surface area contributed by atoms with Gasteiger partial charge < -0.3 is 26.5 Å². The van der Waals surface area contributed by atoms with Crippen molar-refractivity contribution in [2.75, 3.05) is 18.8 Å². The summed E-state index contributed by atoms with van der Waals surface area (Å²) in [4.78, 5) is 16.7. The lowest BCUT2D eigenvalue weighted by molar-refractivity contribution is -0.134. The van der Waals surface area contributed by atoms with Gasteiger partial charge in [-0.3, -0.25) is 4.79 Å². The second-order valence-corrected chi connectivity index (χ2v) is 7.85. The lowest BCUT2D eigenvalue weighted by Crippen LogP contribution is -2.54. The molecular formula is C22H26N4O2. The number of nitrogens with zero attached hydrogens (tertiary/aromatic N) is 1. The number of phenolic OH excluding ortho intramolecular Hbond substituents is 1. The molecule has 2 aliphatic rings. The molecule has 0 spiro atoms. The summed E-state index contributed by atoms with van der Waals surface area (Å²) >= 11 is 0.